The van der Waals surface area contributed by atoms with Gasteiger partial charge in [-0.3, -0.25) is 4.79 Å². The van der Waals surface area contributed by atoms with Gasteiger partial charge in [0.15, 0.2) is 0 Å². The molecule has 1 aliphatic heterocycles. The molecule has 2 N–H and O–H groups in total. The van der Waals surface area contributed by atoms with E-state index in [1.807, 2.05) is 24.1 Å². The van der Waals surface area contributed by atoms with Crippen molar-refractivity contribution in [1.29, 1.82) is 0 Å². The van der Waals surface area contributed by atoms with E-state index in [0.717, 1.165) is 18.8 Å². The molecule has 1 aliphatic rings. The van der Waals surface area contributed by atoms with Crippen molar-refractivity contribution in [3.63, 3.8) is 0 Å². The summed E-state index contributed by atoms with van der Waals surface area (Å²) in [5.41, 5.74) is 2.18. The molecule has 94 valence electrons. The number of rotatable bonds is 2. The van der Waals surface area contributed by atoms with E-state index in [2.05, 4.69) is 24.1 Å². The van der Waals surface area contributed by atoms with E-state index in [1.54, 1.807) is 0 Å². The van der Waals surface area contributed by atoms with Crippen LogP contribution in [-0.4, -0.2) is 41.0 Å². The summed E-state index contributed by atoms with van der Waals surface area (Å²) >= 11 is 0. The van der Waals surface area contributed by atoms with E-state index >= 15 is 0 Å². The van der Waals surface area contributed by atoms with Crippen LogP contribution >= 0.6 is 0 Å². The fourth-order valence-electron chi connectivity index (χ4n) is 2.47. The highest BCUT2D eigenvalue weighted by molar-refractivity contribution is 5.78. The maximum atomic E-state index is 12.1. The number of amides is 1. The largest absolute Gasteiger partial charge is 0.364 e. The van der Waals surface area contributed by atoms with Crippen molar-refractivity contribution >= 4 is 5.91 Å². The highest BCUT2D eigenvalue weighted by Crippen LogP contribution is 2.08. The Bertz CT molecular complexity index is 389. The number of hydrogen-bond donors (Lipinski definition) is 2. The zero-order valence-electron chi connectivity index (χ0n) is 10.8. The first-order chi connectivity index (χ1) is 8.04. The number of piperazine rings is 1. The lowest BCUT2D eigenvalue weighted by molar-refractivity contribution is -0.132. The van der Waals surface area contributed by atoms with Crippen molar-refractivity contribution in [2.45, 2.75) is 39.3 Å². The second-order valence-electron chi connectivity index (χ2n) is 5.15. The Morgan fingerprint density at radius 3 is 2.59 bits per heavy atom. The standard InChI is InChI=1S/C13H21N3O/c1-9-4-12(14-6-9)5-13(17)16-7-10(2)15-11(3)8-16/h4,6,10-11,14-15H,5,7-8H2,1-3H3. The van der Waals surface area contributed by atoms with E-state index in [0.29, 0.717) is 18.5 Å². The van der Waals surface area contributed by atoms with E-state index in [-0.39, 0.29) is 5.91 Å². The molecule has 0 bridgehead atoms. The number of nitrogens with one attached hydrogen (secondary N) is 2. The van der Waals surface area contributed by atoms with Crippen molar-refractivity contribution in [3.05, 3.63) is 23.5 Å². The van der Waals surface area contributed by atoms with Crippen LogP contribution in [-0.2, 0) is 11.2 Å². The Kier molecular flexibility index (Phi) is 3.52. The molecule has 0 spiro atoms. The van der Waals surface area contributed by atoms with Gasteiger partial charge in [0.25, 0.3) is 0 Å². The number of aromatic nitrogens is 1. The quantitative estimate of drug-likeness (QED) is 0.805. The van der Waals surface area contributed by atoms with Gasteiger partial charge >= 0.3 is 0 Å². The lowest BCUT2D eigenvalue weighted by Crippen LogP contribution is -2.56. The van der Waals surface area contributed by atoms with Gasteiger partial charge in [0.2, 0.25) is 5.91 Å². The first kappa shape index (κ1) is 12.2. The van der Waals surface area contributed by atoms with E-state index in [9.17, 15) is 4.79 Å². The zero-order valence-corrected chi connectivity index (χ0v) is 10.8. The number of aromatic amines is 1. The summed E-state index contributed by atoms with van der Waals surface area (Å²) in [6.07, 6.45) is 2.42. The summed E-state index contributed by atoms with van der Waals surface area (Å²) in [4.78, 5) is 17.2. The second kappa shape index (κ2) is 4.92. The number of carbonyl (C=O) groups excluding carboxylic acids is 1. The molecule has 0 radical (unpaired) electrons. The lowest BCUT2D eigenvalue weighted by atomic mass is 10.1. The minimum atomic E-state index is 0.215. The molecule has 1 aromatic rings. The molecule has 4 heteroatoms. The highest BCUT2D eigenvalue weighted by atomic mass is 16.2. The van der Waals surface area contributed by atoms with Crippen molar-refractivity contribution in [2.75, 3.05) is 13.1 Å². The van der Waals surface area contributed by atoms with Gasteiger partial charge in [0, 0.05) is 37.1 Å². The average molecular weight is 235 g/mol. The van der Waals surface area contributed by atoms with Crippen molar-refractivity contribution in [2.24, 2.45) is 0 Å². The average Bonchev–Trinajstić information content (AvgIpc) is 2.62. The normalized spacial score (nSPS) is 25.0. The number of nitrogens with zero attached hydrogens (tertiary/aromatic N) is 1. The van der Waals surface area contributed by atoms with Gasteiger partial charge in [0.05, 0.1) is 6.42 Å². The molecule has 0 saturated carbocycles. The highest BCUT2D eigenvalue weighted by Gasteiger charge is 2.24. The Hall–Kier alpha value is -1.29. The molecule has 2 heterocycles. The molecule has 1 saturated heterocycles. The van der Waals surface area contributed by atoms with Gasteiger partial charge in [0.1, 0.15) is 0 Å². The van der Waals surface area contributed by atoms with Crippen LogP contribution in [0.1, 0.15) is 25.1 Å². The van der Waals surface area contributed by atoms with Crippen molar-refractivity contribution in [3.8, 4) is 0 Å². The van der Waals surface area contributed by atoms with Crippen LogP contribution in [0, 0.1) is 6.92 Å². The monoisotopic (exact) mass is 235 g/mol. The smallest absolute Gasteiger partial charge is 0.228 e. The number of aryl methyl sites for hydroxylation is 1. The topological polar surface area (TPSA) is 48.1 Å². The van der Waals surface area contributed by atoms with Gasteiger partial charge in [-0.2, -0.15) is 0 Å². The second-order valence-corrected chi connectivity index (χ2v) is 5.15. The van der Waals surface area contributed by atoms with Crippen LogP contribution in [0.5, 0.6) is 0 Å². The molecule has 2 rings (SSSR count). The molecule has 1 aromatic heterocycles. The van der Waals surface area contributed by atoms with Crippen LogP contribution < -0.4 is 5.32 Å². The molecule has 0 aromatic carbocycles. The van der Waals surface area contributed by atoms with Gasteiger partial charge in [-0.25, -0.2) is 0 Å². The molecular formula is C13H21N3O. The summed E-state index contributed by atoms with van der Waals surface area (Å²) in [5, 5.41) is 3.43. The molecule has 4 nitrogen and oxygen atoms in total. The Labute approximate surface area is 102 Å². The maximum Gasteiger partial charge on any atom is 0.228 e. The predicted octanol–water partition coefficient (Wildman–Crippen LogP) is 1.07. The molecular weight excluding hydrogens is 214 g/mol. The number of hydrogen-bond acceptors (Lipinski definition) is 2. The van der Waals surface area contributed by atoms with E-state index in [1.165, 1.54) is 5.56 Å². The van der Waals surface area contributed by atoms with Crippen molar-refractivity contribution in [1.82, 2.24) is 15.2 Å². The van der Waals surface area contributed by atoms with Gasteiger partial charge < -0.3 is 15.2 Å². The molecule has 17 heavy (non-hydrogen) atoms. The van der Waals surface area contributed by atoms with Crippen LogP contribution in [0.2, 0.25) is 0 Å². The van der Waals surface area contributed by atoms with Gasteiger partial charge in [-0.05, 0) is 32.4 Å². The van der Waals surface area contributed by atoms with Crippen LogP contribution in [0.15, 0.2) is 12.3 Å². The Balaban J connectivity index is 1.95. The first-order valence-electron chi connectivity index (χ1n) is 6.22. The fourth-order valence-corrected chi connectivity index (χ4v) is 2.47. The Morgan fingerprint density at radius 1 is 1.41 bits per heavy atom. The van der Waals surface area contributed by atoms with Crippen LogP contribution in [0.4, 0.5) is 0 Å². The number of carbonyl (C=O) groups is 1. The Morgan fingerprint density at radius 2 is 2.06 bits per heavy atom. The third-order valence-corrected chi connectivity index (χ3v) is 3.14. The van der Waals surface area contributed by atoms with Crippen LogP contribution in [0.25, 0.3) is 0 Å². The molecule has 1 amide bonds. The summed E-state index contributed by atoms with van der Waals surface area (Å²) in [6.45, 7) is 7.88. The van der Waals surface area contributed by atoms with Crippen molar-refractivity contribution < 1.29 is 4.79 Å². The fraction of sp³-hybridized carbons (Fsp3) is 0.615. The zero-order chi connectivity index (χ0) is 12.4. The third kappa shape index (κ3) is 3.09. The number of H-pyrrole nitrogens is 1. The van der Waals surface area contributed by atoms with Gasteiger partial charge in [-0.15, -0.1) is 0 Å². The minimum Gasteiger partial charge on any atom is -0.364 e. The lowest BCUT2D eigenvalue weighted by Gasteiger charge is -2.36. The van der Waals surface area contributed by atoms with E-state index < -0.39 is 0 Å². The molecule has 2 atom stereocenters. The summed E-state index contributed by atoms with van der Waals surface area (Å²) in [6, 6.07) is 2.80. The maximum absolute atomic E-state index is 12.1. The summed E-state index contributed by atoms with van der Waals surface area (Å²) in [5.74, 6) is 0.215. The first-order valence-corrected chi connectivity index (χ1v) is 6.22. The van der Waals surface area contributed by atoms with E-state index in [4.69, 9.17) is 0 Å². The SMILES string of the molecule is Cc1c[nH]c(CC(=O)N2CC(C)NC(C)C2)c1. The molecule has 2 unspecified atom stereocenters. The van der Waals surface area contributed by atoms with Gasteiger partial charge in [-0.1, -0.05) is 0 Å². The minimum absolute atomic E-state index is 0.215. The summed E-state index contributed by atoms with van der Waals surface area (Å²) < 4.78 is 0. The third-order valence-electron chi connectivity index (χ3n) is 3.14. The molecule has 0 aliphatic carbocycles. The summed E-state index contributed by atoms with van der Waals surface area (Å²) in [7, 11) is 0. The van der Waals surface area contributed by atoms with Crippen LogP contribution in [0.3, 0.4) is 0 Å². The predicted molar refractivity (Wildman–Crippen MR) is 67.9 cm³/mol. The molecule has 1 fully saturated rings.